The number of nitrogens with two attached hydrogens (primary N) is 1. The Labute approximate surface area is 110 Å². The van der Waals surface area contributed by atoms with E-state index in [1.54, 1.807) is 0 Å². The minimum Gasteiger partial charge on any atom is -0.389 e. The molecule has 2 heterocycles. The fourth-order valence-corrected chi connectivity index (χ4v) is 3.48. The lowest BCUT2D eigenvalue weighted by atomic mass is 9.66. The van der Waals surface area contributed by atoms with E-state index in [1.165, 1.54) is 0 Å². The van der Waals surface area contributed by atoms with Crippen molar-refractivity contribution in [1.82, 2.24) is 4.90 Å². The third-order valence-corrected chi connectivity index (χ3v) is 4.79. The smallest absolute Gasteiger partial charge is 0.0763 e. The highest BCUT2D eigenvalue weighted by atomic mass is 16.5. The van der Waals surface area contributed by atoms with Gasteiger partial charge >= 0.3 is 0 Å². The molecule has 2 rings (SSSR count). The van der Waals surface area contributed by atoms with Gasteiger partial charge in [-0.2, -0.15) is 0 Å². The van der Waals surface area contributed by atoms with Crippen molar-refractivity contribution in [3.8, 4) is 0 Å². The van der Waals surface area contributed by atoms with Crippen LogP contribution in [0.15, 0.2) is 0 Å². The molecule has 0 aliphatic carbocycles. The summed E-state index contributed by atoms with van der Waals surface area (Å²) in [6, 6.07) is 0. The van der Waals surface area contributed by atoms with Crippen molar-refractivity contribution in [2.24, 2.45) is 17.1 Å². The highest BCUT2D eigenvalue weighted by Gasteiger charge is 2.52. The minimum absolute atomic E-state index is 0.197. The van der Waals surface area contributed by atoms with Gasteiger partial charge < -0.3 is 20.5 Å². The molecule has 1 unspecified atom stereocenters. The number of ether oxygens (including phenoxy) is 1. The molecular weight excluding hydrogens is 228 g/mol. The number of nitrogens with zero attached hydrogens (tertiary/aromatic N) is 1. The first-order chi connectivity index (χ1) is 8.51. The maximum absolute atomic E-state index is 11.0. The molecule has 0 bridgehead atoms. The standard InChI is InChI=1S/C14H28N2O2/c1-12(2)9-16-6-3-14(17,4-7-16)13(10-15)5-8-18-11-13/h12,17H,3-11,15H2,1-2H3. The fraction of sp³-hybridized carbons (Fsp3) is 1.00. The number of piperidine rings is 1. The van der Waals surface area contributed by atoms with E-state index < -0.39 is 5.60 Å². The summed E-state index contributed by atoms with van der Waals surface area (Å²) in [6.45, 7) is 9.49. The van der Waals surface area contributed by atoms with Gasteiger partial charge in [-0.25, -0.2) is 0 Å². The molecule has 2 aliphatic heterocycles. The van der Waals surface area contributed by atoms with Gasteiger partial charge in [0.15, 0.2) is 0 Å². The van der Waals surface area contributed by atoms with Crippen LogP contribution in [0.3, 0.4) is 0 Å². The Kier molecular flexibility index (Phi) is 4.32. The van der Waals surface area contributed by atoms with Crippen LogP contribution in [0, 0.1) is 11.3 Å². The lowest BCUT2D eigenvalue weighted by Gasteiger charge is -2.48. The molecule has 0 aromatic heterocycles. The Hall–Kier alpha value is -0.160. The van der Waals surface area contributed by atoms with Gasteiger partial charge in [-0.05, 0) is 25.2 Å². The van der Waals surface area contributed by atoms with Crippen LogP contribution < -0.4 is 5.73 Å². The summed E-state index contributed by atoms with van der Waals surface area (Å²) in [5.74, 6) is 0.689. The second kappa shape index (κ2) is 5.45. The Morgan fingerprint density at radius 2 is 1.94 bits per heavy atom. The zero-order valence-corrected chi connectivity index (χ0v) is 11.8. The lowest BCUT2D eigenvalue weighted by Crippen LogP contribution is -2.58. The molecule has 0 saturated carbocycles. The largest absolute Gasteiger partial charge is 0.389 e. The summed E-state index contributed by atoms with van der Waals surface area (Å²) in [5, 5.41) is 11.0. The first-order valence-corrected chi connectivity index (χ1v) is 7.24. The second-order valence-electron chi connectivity index (χ2n) is 6.51. The van der Waals surface area contributed by atoms with E-state index in [0.717, 1.165) is 45.5 Å². The van der Waals surface area contributed by atoms with Crippen molar-refractivity contribution in [3.05, 3.63) is 0 Å². The maximum Gasteiger partial charge on any atom is 0.0763 e. The van der Waals surface area contributed by atoms with Crippen LogP contribution in [0.5, 0.6) is 0 Å². The Bertz CT molecular complexity index is 267. The second-order valence-corrected chi connectivity index (χ2v) is 6.51. The molecule has 2 aliphatic rings. The van der Waals surface area contributed by atoms with E-state index in [0.29, 0.717) is 19.1 Å². The van der Waals surface area contributed by atoms with Crippen molar-refractivity contribution in [1.29, 1.82) is 0 Å². The van der Waals surface area contributed by atoms with E-state index in [2.05, 4.69) is 18.7 Å². The number of aliphatic hydroxyl groups is 1. The van der Waals surface area contributed by atoms with Gasteiger partial charge in [0.25, 0.3) is 0 Å². The molecule has 2 saturated heterocycles. The summed E-state index contributed by atoms with van der Waals surface area (Å²) >= 11 is 0. The van der Waals surface area contributed by atoms with Gasteiger partial charge in [-0.15, -0.1) is 0 Å². The molecule has 0 amide bonds. The average molecular weight is 256 g/mol. The molecule has 1 atom stereocenters. The van der Waals surface area contributed by atoms with Gasteiger partial charge in [0.1, 0.15) is 0 Å². The van der Waals surface area contributed by atoms with Gasteiger partial charge in [0.05, 0.1) is 12.2 Å². The predicted molar refractivity (Wildman–Crippen MR) is 72.4 cm³/mol. The van der Waals surface area contributed by atoms with E-state index in [9.17, 15) is 5.11 Å². The third kappa shape index (κ3) is 2.57. The first-order valence-electron chi connectivity index (χ1n) is 7.24. The monoisotopic (exact) mass is 256 g/mol. The quantitative estimate of drug-likeness (QED) is 0.782. The predicted octanol–water partition coefficient (Wildman–Crippen LogP) is 0.835. The normalized spacial score (nSPS) is 33.2. The molecule has 18 heavy (non-hydrogen) atoms. The molecule has 2 fully saturated rings. The number of likely N-dealkylation sites (tertiary alicyclic amines) is 1. The molecule has 0 radical (unpaired) electrons. The minimum atomic E-state index is -0.619. The highest BCUT2D eigenvalue weighted by Crippen LogP contribution is 2.44. The van der Waals surface area contributed by atoms with Gasteiger partial charge in [0.2, 0.25) is 0 Å². The van der Waals surface area contributed by atoms with E-state index >= 15 is 0 Å². The lowest BCUT2D eigenvalue weighted by molar-refractivity contribution is -0.119. The van der Waals surface area contributed by atoms with Crippen molar-refractivity contribution in [2.45, 2.75) is 38.7 Å². The molecule has 0 aromatic carbocycles. The molecule has 4 heteroatoms. The molecule has 3 N–H and O–H groups in total. The SMILES string of the molecule is CC(C)CN1CCC(O)(C2(CN)CCOC2)CC1. The number of hydrogen-bond donors (Lipinski definition) is 2. The van der Waals surface area contributed by atoms with Gasteiger partial charge in [-0.3, -0.25) is 0 Å². The molecular formula is C14H28N2O2. The van der Waals surface area contributed by atoms with Crippen LogP contribution in [0.4, 0.5) is 0 Å². The zero-order chi connectivity index (χ0) is 13.2. The number of hydrogen-bond acceptors (Lipinski definition) is 4. The van der Waals surface area contributed by atoms with Crippen molar-refractivity contribution in [3.63, 3.8) is 0 Å². The van der Waals surface area contributed by atoms with Crippen LogP contribution in [0.1, 0.15) is 33.1 Å². The molecule has 0 aromatic rings. The van der Waals surface area contributed by atoms with Crippen LogP contribution in [0.25, 0.3) is 0 Å². The van der Waals surface area contributed by atoms with Crippen LogP contribution in [0.2, 0.25) is 0 Å². The summed E-state index contributed by atoms with van der Waals surface area (Å²) in [5.41, 5.74) is 5.13. The van der Waals surface area contributed by atoms with Crippen LogP contribution in [-0.2, 0) is 4.74 Å². The summed E-state index contributed by atoms with van der Waals surface area (Å²) in [6.07, 6.45) is 2.57. The van der Waals surface area contributed by atoms with Crippen LogP contribution >= 0.6 is 0 Å². The third-order valence-electron chi connectivity index (χ3n) is 4.79. The summed E-state index contributed by atoms with van der Waals surface area (Å²) in [4.78, 5) is 2.46. The van der Waals surface area contributed by atoms with Crippen molar-refractivity contribution in [2.75, 3.05) is 39.4 Å². The molecule has 106 valence electrons. The fourth-order valence-electron chi connectivity index (χ4n) is 3.48. The first kappa shape index (κ1) is 14.3. The molecule has 0 spiro atoms. The van der Waals surface area contributed by atoms with E-state index in [-0.39, 0.29) is 5.41 Å². The van der Waals surface area contributed by atoms with Gasteiger partial charge in [-0.1, -0.05) is 13.8 Å². The maximum atomic E-state index is 11.0. The van der Waals surface area contributed by atoms with E-state index in [4.69, 9.17) is 10.5 Å². The van der Waals surface area contributed by atoms with Crippen molar-refractivity contribution < 1.29 is 9.84 Å². The Morgan fingerprint density at radius 3 is 2.39 bits per heavy atom. The topological polar surface area (TPSA) is 58.7 Å². The van der Waals surface area contributed by atoms with Gasteiger partial charge in [0, 0.05) is 38.2 Å². The zero-order valence-electron chi connectivity index (χ0n) is 11.8. The van der Waals surface area contributed by atoms with Crippen molar-refractivity contribution >= 4 is 0 Å². The summed E-state index contributed by atoms with van der Waals surface area (Å²) in [7, 11) is 0. The average Bonchev–Trinajstić information content (AvgIpc) is 2.82. The highest BCUT2D eigenvalue weighted by molar-refractivity contribution is 5.04. The van der Waals surface area contributed by atoms with E-state index in [1.807, 2.05) is 0 Å². The Balaban J connectivity index is 1.97. The Morgan fingerprint density at radius 1 is 1.28 bits per heavy atom. The van der Waals surface area contributed by atoms with Crippen LogP contribution in [-0.4, -0.2) is 55.0 Å². The summed E-state index contributed by atoms with van der Waals surface area (Å²) < 4.78 is 5.51. The molecule has 4 nitrogen and oxygen atoms in total. The number of rotatable bonds is 4.